The fraction of sp³-hybridized carbons (Fsp3) is 0.0833. The van der Waals surface area contributed by atoms with Gasteiger partial charge in [0.25, 0.3) is 11.8 Å². The van der Waals surface area contributed by atoms with Gasteiger partial charge >= 0.3 is 0 Å². The van der Waals surface area contributed by atoms with Crippen molar-refractivity contribution in [2.75, 3.05) is 12.0 Å². The number of halogens is 1. The molecular formula is C24H18ClNO3S. The van der Waals surface area contributed by atoms with Crippen molar-refractivity contribution in [3.63, 3.8) is 0 Å². The maximum atomic E-state index is 13.4. The lowest BCUT2D eigenvalue weighted by molar-refractivity contribution is -0.119. The van der Waals surface area contributed by atoms with Crippen LogP contribution < -0.4 is 9.64 Å². The van der Waals surface area contributed by atoms with Gasteiger partial charge in [0.2, 0.25) is 0 Å². The monoisotopic (exact) mass is 435 g/mol. The van der Waals surface area contributed by atoms with Crippen LogP contribution in [0.1, 0.15) is 11.1 Å². The van der Waals surface area contributed by atoms with Crippen molar-refractivity contribution in [1.82, 2.24) is 0 Å². The number of aryl methyl sites for hydroxylation is 1. The van der Waals surface area contributed by atoms with E-state index in [1.165, 1.54) is 16.7 Å². The van der Waals surface area contributed by atoms with Crippen LogP contribution in [0.3, 0.4) is 0 Å². The second-order valence-electron chi connectivity index (χ2n) is 6.77. The molecule has 0 N–H and O–H groups in total. The van der Waals surface area contributed by atoms with E-state index in [-0.39, 0.29) is 11.8 Å². The summed E-state index contributed by atoms with van der Waals surface area (Å²) in [6.07, 6.45) is 0. The lowest BCUT2D eigenvalue weighted by Crippen LogP contribution is -2.31. The molecule has 3 aromatic rings. The van der Waals surface area contributed by atoms with Crippen LogP contribution in [0.15, 0.2) is 82.6 Å². The molecule has 4 nitrogen and oxygen atoms in total. The summed E-state index contributed by atoms with van der Waals surface area (Å²) in [5.41, 5.74) is 2.57. The summed E-state index contributed by atoms with van der Waals surface area (Å²) in [4.78, 5) is 29.3. The molecule has 1 heterocycles. The van der Waals surface area contributed by atoms with Gasteiger partial charge in [-0.25, -0.2) is 4.90 Å². The Bertz CT molecular complexity index is 1150. The highest BCUT2D eigenvalue weighted by atomic mass is 35.5. The zero-order valence-electron chi connectivity index (χ0n) is 16.4. The van der Waals surface area contributed by atoms with E-state index in [0.29, 0.717) is 32.5 Å². The Morgan fingerprint density at radius 2 is 1.60 bits per heavy atom. The summed E-state index contributed by atoms with van der Waals surface area (Å²) in [5, 5.41) is 0.610. The molecule has 0 radical (unpaired) electrons. The van der Waals surface area contributed by atoms with Crippen LogP contribution in [-0.2, 0) is 9.59 Å². The van der Waals surface area contributed by atoms with E-state index < -0.39 is 0 Å². The minimum atomic E-state index is -0.341. The van der Waals surface area contributed by atoms with Crippen molar-refractivity contribution in [2.24, 2.45) is 0 Å². The van der Waals surface area contributed by atoms with Crippen LogP contribution >= 0.6 is 23.4 Å². The fourth-order valence-corrected chi connectivity index (χ4v) is 4.36. The predicted octanol–water partition coefficient (Wildman–Crippen LogP) is 5.73. The van der Waals surface area contributed by atoms with Crippen molar-refractivity contribution in [3.8, 4) is 5.75 Å². The molecule has 0 aliphatic carbocycles. The van der Waals surface area contributed by atoms with Gasteiger partial charge in [-0.05, 0) is 66.6 Å². The first-order chi connectivity index (χ1) is 14.5. The predicted molar refractivity (Wildman–Crippen MR) is 121 cm³/mol. The van der Waals surface area contributed by atoms with Gasteiger partial charge in [0.05, 0.1) is 23.3 Å². The van der Waals surface area contributed by atoms with Crippen molar-refractivity contribution in [3.05, 3.63) is 93.9 Å². The lowest BCUT2D eigenvalue weighted by Gasteiger charge is -2.15. The summed E-state index contributed by atoms with van der Waals surface area (Å²) in [6, 6.07) is 21.7. The normalized spacial score (nSPS) is 13.9. The molecule has 0 spiro atoms. The van der Waals surface area contributed by atoms with Gasteiger partial charge < -0.3 is 4.74 Å². The number of ether oxygens (including phenoxy) is 1. The standard InChI is InChI=1S/C24H18ClNO3S/c1-15-4-3-5-18(14-15)26-23(27)21(16-6-10-19(29-2)11-7-16)22(24(26)28)30-20-12-8-17(25)9-13-20/h3-14H,1-2H3. The van der Waals surface area contributed by atoms with Crippen LogP contribution in [0.2, 0.25) is 5.02 Å². The van der Waals surface area contributed by atoms with E-state index in [4.69, 9.17) is 16.3 Å². The number of imide groups is 1. The summed E-state index contributed by atoms with van der Waals surface area (Å²) in [7, 11) is 1.58. The average molecular weight is 436 g/mol. The van der Waals surface area contributed by atoms with Gasteiger partial charge in [0.1, 0.15) is 5.75 Å². The number of hydrogen-bond acceptors (Lipinski definition) is 4. The summed E-state index contributed by atoms with van der Waals surface area (Å²) in [5.74, 6) is 0.00201. The number of amides is 2. The fourth-order valence-electron chi connectivity index (χ4n) is 3.24. The maximum Gasteiger partial charge on any atom is 0.272 e. The molecule has 1 aliphatic heterocycles. The highest BCUT2D eigenvalue weighted by Crippen LogP contribution is 2.41. The SMILES string of the molecule is COc1ccc(C2=C(Sc3ccc(Cl)cc3)C(=O)N(c3cccc(C)c3)C2=O)cc1. The Labute approximate surface area is 184 Å². The molecule has 0 bridgehead atoms. The van der Waals surface area contributed by atoms with Crippen molar-refractivity contribution in [2.45, 2.75) is 11.8 Å². The molecule has 0 aromatic heterocycles. The Morgan fingerprint density at radius 1 is 0.900 bits per heavy atom. The molecule has 4 rings (SSSR count). The number of thioether (sulfide) groups is 1. The molecule has 0 saturated heterocycles. The molecule has 150 valence electrons. The number of anilines is 1. The highest BCUT2D eigenvalue weighted by molar-refractivity contribution is 8.04. The second kappa shape index (κ2) is 8.38. The summed E-state index contributed by atoms with van der Waals surface area (Å²) >= 11 is 7.25. The van der Waals surface area contributed by atoms with Gasteiger partial charge in [0, 0.05) is 9.92 Å². The van der Waals surface area contributed by atoms with Crippen LogP contribution in [-0.4, -0.2) is 18.9 Å². The van der Waals surface area contributed by atoms with Crippen molar-refractivity contribution < 1.29 is 14.3 Å². The molecule has 6 heteroatoms. The minimum absolute atomic E-state index is 0.337. The third kappa shape index (κ3) is 3.86. The number of benzene rings is 3. The first-order valence-corrected chi connectivity index (χ1v) is 10.4. The van der Waals surface area contributed by atoms with E-state index in [1.807, 2.05) is 37.3 Å². The van der Waals surface area contributed by atoms with E-state index >= 15 is 0 Å². The molecule has 0 saturated carbocycles. The van der Waals surface area contributed by atoms with Crippen molar-refractivity contribution in [1.29, 1.82) is 0 Å². The molecule has 2 amide bonds. The van der Waals surface area contributed by atoms with Crippen LogP contribution in [0, 0.1) is 6.92 Å². The van der Waals surface area contributed by atoms with E-state index in [2.05, 4.69) is 0 Å². The first kappa shape index (κ1) is 20.3. The van der Waals surface area contributed by atoms with Crippen LogP contribution in [0.4, 0.5) is 5.69 Å². The zero-order valence-corrected chi connectivity index (χ0v) is 18.0. The number of methoxy groups -OCH3 is 1. The number of carbonyl (C=O) groups excluding carboxylic acids is 2. The highest BCUT2D eigenvalue weighted by Gasteiger charge is 2.40. The Hall–Kier alpha value is -3.02. The molecule has 0 unspecified atom stereocenters. The Morgan fingerprint density at radius 3 is 2.23 bits per heavy atom. The Kier molecular flexibility index (Phi) is 5.66. The number of nitrogens with zero attached hydrogens (tertiary/aromatic N) is 1. The van der Waals surface area contributed by atoms with Gasteiger partial charge in [-0.3, -0.25) is 9.59 Å². The maximum absolute atomic E-state index is 13.4. The minimum Gasteiger partial charge on any atom is -0.497 e. The van der Waals surface area contributed by atoms with E-state index in [9.17, 15) is 9.59 Å². The van der Waals surface area contributed by atoms with E-state index in [0.717, 1.165) is 10.5 Å². The average Bonchev–Trinajstić information content (AvgIpc) is 2.99. The zero-order chi connectivity index (χ0) is 21.3. The molecular weight excluding hydrogens is 418 g/mol. The second-order valence-corrected chi connectivity index (χ2v) is 8.29. The molecule has 1 aliphatic rings. The third-order valence-electron chi connectivity index (χ3n) is 4.71. The van der Waals surface area contributed by atoms with Crippen molar-refractivity contribution >= 4 is 46.4 Å². The van der Waals surface area contributed by atoms with Gasteiger partial charge in [0.15, 0.2) is 0 Å². The third-order valence-corrected chi connectivity index (χ3v) is 6.06. The molecule has 0 fully saturated rings. The number of hydrogen-bond donors (Lipinski definition) is 0. The van der Waals surface area contributed by atoms with E-state index in [1.54, 1.807) is 49.6 Å². The van der Waals surface area contributed by atoms with Crippen LogP contribution in [0.5, 0.6) is 5.75 Å². The van der Waals surface area contributed by atoms with Crippen LogP contribution in [0.25, 0.3) is 5.57 Å². The van der Waals surface area contributed by atoms with Gasteiger partial charge in [-0.15, -0.1) is 0 Å². The smallest absolute Gasteiger partial charge is 0.272 e. The first-order valence-electron chi connectivity index (χ1n) is 9.25. The molecule has 3 aromatic carbocycles. The topological polar surface area (TPSA) is 46.6 Å². The number of carbonyl (C=O) groups is 2. The Balaban J connectivity index is 1.81. The summed E-state index contributed by atoms with van der Waals surface area (Å²) < 4.78 is 5.22. The summed E-state index contributed by atoms with van der Waals surface area (Å²) in [6.45, 7) is 1.93. The quantitative estimate of drug-likeness (QED) is 0.480. The van der Waals surface area contributed by atoms with Gasteiger partial charge in [-0.1, -0.05) is 47.6 Å². The largest absolute Gasteiger partial charge is 0.497 e. The molecule has 30 heavy (non-hydrogen) atoms. The number of rotatable bonds is 5. The lowest BCUT2D eigenvalue weighted by atomic mass is 10.1. The molecule has 0 atom stereocenters. The van der Waals surface area contributed by atoms with Gasteiger partial charge in [-0.2, -0.15) is 0 Å².